The van der Waals surface area contributed by atoms with Crippen molar-refractivity contribution in [3.63, 3.8) is 0 Å². The normalized spacial score (nSPS) is 13.0. The summed E-state index contributed by atoms with van der Waals surface area (Å²) in [7, 11) is 1.80. The van der Waals surface area contributed by atoms with Crippen molar-refractivity contribution in [1.29, 1.82) is 0 Å². The van der Waals surface area contributed by atoms with Crippen molar-refractivity contribution < 1.29 is 4.65 Å². The van der Waals surface area contributed by atoms with Crippen molar-refractivity contribution in [1.82, 2.24) is 0 Å². The van der Waals surface area contributed by atoms with Crippen molar-refractivity contribution in [3.8, 4) is 0 Å². The molecule has 0 N–H and O–H groups in total. The smallest absolute Gasteiger partial charge is 0.330 e. The molecule has 0 spiro atoms. The van der Waals surface area contributed by atoms with E-state index < -0.39 is 0 Å². The van der Waals surface area contributed by atoms with Gasteiger partial charge in [0.1, 0.15) is 0 Å². The molecule has 0 saturated heterocycles. The highest BCUT2D eigenvalue weighted by molar-refractivity contribution is 7.81. The van der Waals surface area contributed by atoms with Crippen LogP contribution in [0.25, 0.3) is 0 Å². The van der Waals surface area contributed by atoms with Gasteiger partial charge in [0.15, 0.2) is 0 Å². The Kier molecular flexibility index (Phi) is 5.28. The SMILES string of the molecule is CC=Nc1ccc([B]OC(C)(C)C(C)(C)S)cc1C. The second-order valence-corrected chi connectivity index (χ2v) is 6.86. The van der Waals surface area contributed by atoms with Crippen molar-refractivity contribution in [3.05, 3.63) is 23.8 Å². The van der Waals surface area contributed by atoms with Gasteiger partial charge in [-0.25, -0.2) is 0 Å². The van der Waals surface area contributed by atoms with Gasteiger partial charge in [-0.3, -0.25) is 4.99 Å². The van der Waals surface area contributed by atoms with E-state index in [-0.39, 0.29) is 10.3 Å². The highest BCUT2D eigenvalue weighted by Crippen LogP contribution is 2.30. The standard InChI is InChI=1S/C15H23BNOS/c1-7-17-13-9-8-12(10-11(13)2)16-18-14(3,4)15(5,6)19/h7-10,19H,1-6H3. The van der Waals surface area contributed by atoms with Crippen molar-refractivity contribution in [2.45, 2.75) is 51.9 Å². The maximum Gasteiger partial charge on any atom is 0.330 e. The molecule has 0 aliphatic heterocycles. The van der Waals surface area contributed by atoms with E-state index in [1.165, 1.54) is 0 Å². The van der Waals surface area contributed by atoms with Crippen LogP contribution in [0.1, 0.15) is 40.2 Å². The first kappa shape index (κ1) is 16.3. The van der Waals surface area contributed by atoms with Crippen LogP contribution in [-0.4, -0.2) is 24.0 Å². The zero-order valence-electron chi connectivity index (χ0n) is 12.7. The molecule has 0 bridgehead atoms. The highest BCUT2D eigenvalue weighted by atomic mass is 32.1. The Morgan fingerprint density at radius 1 is 1.26 bits per heavy atom. The molecular formula is C15H23BNOS. The molecule has 1 aromatic rings. The maximum atomic E-state index is 5.89. The second kappa shape index (κ2) is 6.14. The third-order valence-corrected chi connectivity index (χ3v) is 3.99. The Balaban J connectivity index is 2.77. The molecule has 1 radical (unpaired) electrons. The Labute approximate surface area is 123 Å². The molecule has 0 aliphatic carbocycles. The summed E-state index contributed by atoms with van der Waals surface area (Å²) in [5, 5.41) is 0. The third kappa shape index (κ3) is 4.39. The Morgan fingerprint density at radius 3 is 2.37 bits per heavy atom. The summed E-state index contributed by atoms with van der Waals surface area (Å²) in [6, 6.07) is 6.09. The fraction of sp³-hybridized carbons (Fsp3) is 0.533. The van der Waals surface area contributed by atoms with E-state index in [0.29, 0.717) is 0 Å². The molecule has 0 aromatic heterocycles. The maximum absolute atomic E-state index is 5.89. The number of rotatable bonds is 5. The molecule has 2 nitrogen and oxygen atoms in total. The molecule has 0 atom stereocenters. The van der Waals surface area contributed by atoms with Crippen molar-refractivity contribution in [2.24, 2.45) is 4.99 Å². The van der Waals surface area contributed by atoms with Gasteiger partial charge < -0.3 is 4.65 Å². The van der Waals surface area contributed by atoms with Gasteiger partial charge in [-0.15, -0.1) is 0 Å². The monoisotopic (exact) mass is 276 g/mol. The number of hydrogen-bond donors (Lipinski definition) is 1. The second-order valence-electron chi connectivity index (χ2n) is 5.74. The summed E-state index contributed by atoms with van der Waals surface area (Å²) in [4.78, 5) is 4.30. The number of aliphatic imine (C=N–C) groups is 1. The van der Waals surface area contributed by atoms with Gasteiger partial charge in [-0.05, 0) is 53.2 Å². The molecule has 19 heavy (non-hydrogen) atoms. The fourth-order valence-electron chi connectivity index (χ4n) is 1.40. The number of aryl methyl sites for hydroxylation is 1. The van der Waals surface area contributed by atoms with Crippen LogP contribution >= 0.6 is 12.6 Å². The quantitative estimate of drug-likeness (QED) is 0.496. The van der Waals surface area contributed by atoms with Gasteiger partial charge in [-0.1, -0.05) is 17.6 Å². The Morgan fingerprint density at radius 2 is 1.89 bits per heavy atom. The van der Waals surface area contributed by atoms with Crippen molar-refractivity contribution >= 4 is 37.5 Å². The summed E-state index contributed by atoms with van der Waals surface area (Å²) in [6.07, 6.45) is 1.80. The van der Waals surface area contributed by atoms with Crippen molar-refractivity contribution in [2.75, 3.05) is 0 Å². The minimum Gasteiger partial charge on any atom is -0.428 e. The van der Waals surface area contributed by atoms with Crippen LogP contribution in [-0.2, 0) is 4.65 Å². The number of nitrogens with zero attached hydrogens (tertiary/aromatic N) is 1. The first-order valence-corrected chi connectivity index (χ1v) is 6.95. The summed E-state index contributed by atoms with van der Waals surface area (Å²) in [6.45, 7) is 12.1. The van der Waals surface area contributed by atoms with E-state index in [9.17, 15) is 0 Å². The summed E-state index contributed by atoms with van der Waals surface area (Å²) >= 11 is 4.58. The molecule has 0 saturated carbocycles. The lowest BCUT2D eigenvalue weighted by Crippen LogP contribution is -2.45. The molecule has 4 heteroatoms. The van der Waals surface area contributed by atoms with E-state index in [1.54, 1.807) is 13.7 Å². The van der Waals surface area contributed by atoms with E-state index in [1.807, 2.05) is 53.7 Å². The van der Waals surface area contributed by atoms with Crippen LogP contribution < -0.4 is 5.46 Å². The third-order valence-electron chi connectivity index (χ3n) is 3.45. The number of hydrogen-bond acceptors (Lipinski definition) is 3. The molecule has 0 unspecified atom stereocenters. The lowest BCUT2D eigenvalue weighted by molar-refractivity contribution is 0.0854. The molecule has 103 valence electrons. The van der Waals surface area contributed by atoms with E-state index >= 15 is 0 Å². The number of benzene rings is 1. The minimum atomic E-state index is -0.343. The topological polar surface area (TPSA) is 21.6 Å². The summed E-state index contributed by atoms with van der Waals surface area (Å²) in [5.41, 5.74) is 2.83. The van der Waals surface area contributed by atoms with Crippen LogP contribution in [0.15, 0.2) is 23.2 Å². The summed E-state index contributed by atoms with van der Waals surface area (Å²) < 4.78 is 5.68. The molecule has 0 heterocycles. The highest BCUT2D eigenvalue weighted by Gasteiger charge is 2.34. The average Bonchev–Trinajstić information content (AvgIpc) is 2.28. The van der Waals surface area contributed by atoms with E-state index in [2.05, 4.69) is 23.7 Å². The zero-order chi connectivity index (χ0) is 14.7. The fourth-order valence-corrected chi connectivity index (χ4v) is 1.45. The van der Waals surface area contributed by atoms with Crippen LogP contribution in [0.5, 0.6) is 0 Å². The molecule has 1 aromatic carbocycles. The van der Waals surface area contributed by atoms with Crippen LogP contribution in [0, 0.1) is 6.92 Å². The zero-order valence-corrected chi connectivity index (χ0v) is 13.6. The molecule has 0 fully saturated rings. The molecular weight excluding hydrogens is 253 g/mol. The minimum absolute atomic E-state index is 0.217. The van der Waals surface area contributed by atoms with E-state index in [0.717, 1.165) is 16.7 Å². The number of thiol groups is 1. The van der Waals surface area contributed by atoms with Crippen LogP contribution in [0.2, 0.25) is 0 Å². The molecule has 1 rings (SSSR count). The predicted octanol–water partition coefficient (Wildman–Crippen LogP) is 3.47. The van der Waals surface area contributed by atoms with E-state index in [4.69, 9.17) is 4.65 Å². The van der Waals surface area contributed by atoms with Crippen LogP contribution in [0.4, 0.5) is 5.69 Å². The van der Waals surface area contributed by atoms with Gasteiger partial charge in [0.2, 0.25) is 0 Å². The van der Waals surface area contributed by atoms with Crippen LogP contribution in [0.3, 0.4) is 0 Å². The lowest BCUT2D eigenvalue weighted by Gasteiger charge is -2.38. The Bertz CT molecular complexity index is 464. The average molecular weight is 276 g/mol. The van der Waals surface area contributed by atoms with Gasteiger partial charge >= 0.3 is 7.48 Å². The predicted molar refractivity (Wildman–Crippen MR) is 88.6 cm³/mol. The van der Waals surface area contributed by atoms with Gasteiger partial charge in [0.05, 0.1) is 11.3 Å². The Hall–Kier alpha value is -0.735. The van der Waals surface area contributed by atoms with Gasteiger partial charge in [-0.2, -0.15) is 12.6 Å². The summed E-state index contributed by atoms with van der Waals surface area (Å²) in [5.74, 6) is 0. The van der Waals surface area contributed by atoms with Gasteiger partial charge in [0.25, 0.3) is 0 Å². The molecule has 0 amide bonds. The lowest BCUT2D eigenvalue weighted by atomic mass is 9.83. The van der Waals surface area contributed by atoms with Gasteiger partial charge in [0, 0.05) is 11.0 Å². The first-order valence-electron chi connectivity index (χ1n) is 6.50. The molecule has 0 aliphatic rings. The largest absolute Gasteiger partial charge is 0.428 e. The first-order chi connectivity index (χ1) is 8.67.